The molecule has 25 heavy (non-hydrogen) atoms. The summed E-state index contributed by atoms with van der Waals surface area (Å²) < 4.78 is 53.8. The molecule has 1 fully saturated rings. The summed E-state index contributed by atoms with van der Waals surface area (Å²) in [7, 11) is -3.93. The summed E-state index contributed by atoms with van der Waals surface area (Å²) in [6.45, 7) is 0.225. The SMILES string of the molecule is O=C(Nn1cnnc1)C1CCN(S(=O)(=O)c2ccc(F)c(F)c2)CC1. The Labute approximate surface area is 142 Å². The lowest BCUT2D eigenvalue weighted by atomic mass is 9.98. The van der Waals surface area contributed by atoms with Crippen LogP contribution in [0.2, 0.25) is 0 Å². The molecular weight excluding hydrogens is 356 g/mol. The van der Waals surface area contributed by atoms with Gasteiger partial charge in [0.1, 0.15) is 12.7 Å². The molecule has 1 N–H and O–H groups in total. The van der Waals surface area contributed by atoms with E-state index in [1.165, 1.54) is 21.6 Å². The second kappa shape index (κ2) is 6.84. The Kier molecular flexibility index (Phi) is 4.77. The van der Waals surface area contributed by atoms with Crippen LogP contribution in [0.25, 0.3) is 0 Å². The fourth-order valence-electron chi connectivity index (χ4n) is 2.62. The summed E-state index contributed by atoms with van der Waals surface area (Å²) in [4.78, 5) is 11.8. The molecule has 1 aromatic carbocycles. The number of nitrogens with one attached hydrogen (secondary N) is 1. The van der Waals surface area contributed by atoms with E-state index in [1.54, 1.807) is 0 Å². The molecule has 1 amide bonds. The highest BCUT2D eigenvalue weighted by Gasteiger charge is 2.32. The molecule has 0 unspecified atom stereocenters. The molecule has 8 nitrogen and oxygen atoms in total. The van der Waals surface area contributed by atoms with E-state index >= 15 is 0 Å². The van der Waals surface area contributed by atoms with Crippen LogP contribution in [0.4, 0.5) is 8.78 Å². The Bertz CT molecular complexity index is 865. The molecule has 2 heterocycles. The predicted molar refractivity (Wildman–Crippen MR) is 82.2 cm³/mol. The summed E-state index contributed by atoms with van der Waals surface area (Å²) >= 11 is 0. The van der Waals surface area contributed by atoms with Crippen LogP contribution in [0, 0.1) is 17.6 Å². The van der Waals surface area contributed by atoms with Gasteiger partial charge in [0.05, 0.1) is 4.90 Å². The Hall–Kier alpha value is -2.40. The first-order chi connectivity index (χ1) is 11.9. The third-order valence-electron chi connectivity index (χ3n) is 4.01. The topological polar surface area (TPSA) is 97.2 Å². The second-order valence-electron chi connectivity index (χ2n) is 5.60. The van der Waals surface area contributed by atoms with Crippen LogP contribution in [-0.4, -0.2) is 46.6 Å². The van der Waals surface area contributed by atoms with Crippen LogP contribution in [0.5, 0.6) is 0 Å². The van der Waals surface area contributed by atoms with Gasteiger partial charge in [-0.25, -0.2) is 21.9 Å². The third kappa shape index (κ3) is 3.66. The first-order valence-corrected chi connectivity index (χ1v) is 8.92. The highest BCUT2D eigenvalue weighted by atomic mass is 32.2. The highest BCUT2D eigenvalue weighted by molar-refractivity contribution is 7.89. The highest BCUT2D eigenvalue weighted by Crippen LogP contribution is 2.25. The Morgan fingerprint density at radius 3 is 2.36 bits per heavy atom. The molecule has 0 aliphatic carbocycles. The van der Waals surface area contributed by atoms with Gasteiger partial charge in [0.2, 0.25) is 15.9 Å². The van der Waals surface area contributed by atoms with E-state index in [2.05, 4.69) is 15.6 Å². The van der Waals surface area contributed by atoms with Crippen molar-refractivity contribution >= 4 is 15.9 Å². The Balaban J connectivity index is 1.64. The molecule has 0 atom stereocenters. The number of hydrogen-bond acceptors (Lipinski definition) is 5. The van der Waals surface area contributed by atoms with Crippen LogP contribution in [-0.2, 0) is 14.8 Å². The number of rotatable bonds is 4. The van der Waals surface area contributed by atoms with Crippen LogP contribution in [0.1, 0.15) is 12.8 Å². The molecule has 0 spiro atoms. The third-order valence-corrected chi connectivity index (χ3v) is 5.91. The lowest BCUT2D eigenvalue weighted by molar-refractivity contribution is -0.121. The lowest BCUT2D eigenvalue weighted by Crippen LogP contribution is -2.42. The Morgan fingerprint density at radius 2 is 1.76 bits per heavy atom. The number of aromatic nitrogens is 3. The average Bonchev–Trinajstić information content (AvgIpc) is 3.10. The molecule has 0 radical (unpaired) electrons. The zero-order chi connectivity index (χ0) is 18.0. The quantitative estimate of drug-likeness (QED) is 0.855. The molecule has 1 aliphatic rings. The predicted octanol–water partition coefficient (Wildman–Crippen LogP) is 0.727. The largest absolute Gasteiger partial charge is 0.273 e. The van der Waals surface area contributed by atoms with Crippen molar-refractivity contribution in [3.8, 4) is 0 Å². The van der Waals surface area contributed by atoms with Gasteiger partial charge in [-0.15, -0.1) is 10.2 Å². The van der Waals surface area contributed by atoms with E-state index in [1.807, 2.05) is 0 Å². The van der Waals surface area contributed by atoms with Gasteiger partial charge in [-0.05, 0) is 31.0 Å². The van der Waals surface area contributed by atoms with Crippen molar-refractivity contribution < 1.29 is 22.0 Å². The average molecular weight is 371 g/mol. The number of hydrogen-bond donors (Lipinski definition) is 1. The van der Waals surface area contributed by atoms with Gasteiger partial charge < -0.3 is 0 Å². The number of piperidine rings is 1. The second-order valence-corrected chi connectivity index (χ2v) is 7.54. The summed E-state index contributed by atoms with van der Waals surface area (Å²) in [6, 6.07) is 2.47. The molecule has 3 rings (SSSR count). The number of sulfonamides is 1. The van der Waals surface area contributed by atoms with Gasteiger partial charge >= 0.3 is 0 Å². The molecule has 2 aromatic rings. The first kappa shape index (κ1) is 17.4. The maximum Gasteiger partial charge on any atom is 0.243 e. The summed E-state index contributed by atoms with van der Waals surface area (Å²) in [5, 5.41) is 7.13. The van der Waals surface area contributed by atoms with Crippen molar-refractivity contribution in [1.82, 2.24) is 19.2 Å². The van der Waals surface area contributed by atoms with Gasteiger partial charge in [0.25, 0.3) is 0 Å². The van der Waals surface area contributed by atoms with Crippen LogP contribution < -0.4 is 5.43 Å². The van der Waals surface area contributed by atoms with E-state index in [0.717, 1.165) is 12.1 Å². The lowest BCUT2D eigenvalue weighted by Gasteiger charge is -2.30. The molecule has 1 saturated heterocycles. The maximum absolute atomic E-state index is 13.3. The fourth-order valence-corrected chi connectivity index (χ4v) is 4.10. The number of halogens is 2. The van der Waals surface area contributed by atoms with E-state index in [9.17, 15) is 22.0 Å². The number of nitrogens with zero attached hydrogens (tertiary/aromatic N) is 4. The van der Waals surface area contributed by atoms with E-state index in [0.29, 0.717) is 18.9 Å². The fraction of sp³-hybridized carbons (Fsp3) is 0.357. The summed E-state index contributed by atoms with van der Waals surface area (Å²) in [5.41, 5.74) is 2.58. The normalized spacial score (nSPS) is 16.7. The van der Waals surface area contributed by atoms with E-state index in [-0.39, 0.29) is 29.8 Å². The minimum atomic E-state index is -3.93. The number of benzene rings is 1. The molecule has 0 saturated carbocycles. The molecule has 134 valence electrons. The molecule has 11 heteroatoms. The maximum atomic E-state index is 13.3. The zero-order valence-electron chi connectivity index (χ0n) is 13.0. The van der Waals surface area contributed by atoms with Crippen LogP contribution >= 0.6 is 0 Å². The minimum Gasteiger partial charge on any atom is -0.273 e. The summed E-state index contributed by atoms with van der Waals surface area (Å²) in [5.74, 6) is -2.95. The van der Waals surface area contributed by atoms with Crippen molar-refractivity contribution in [3.05, 3.63) is 42.5 Å². The first-order valence-electron chi connectivity index (χ1n) is 7.48. The molecule has 1 aromatic heterocycles. The van der Waals surface area contributed by atoms with Gasteiger partial charge in [-0.3, -0.25) is 10.2 Å². The molecule has 0 bridgehead atoms. The minimum absolute atomic E-state index is 0.113. The van der Waals surface area contributed by atoms with Gasteiger partial charge in [0, 0.05) is 19.0 Å². The monoisotopic (exact) mass is 371 g/mol. The standard InChI is InChI=1S/C14H15F2N5O3S/c15-12-2-1-11(7-13(12)16)25(23,24)21-5-3-10(4-6-21)14(22)19-20-8-17-18-9-20/h1-2,7-10H,3-6H2,(H,19,22). The Morgan fingerprint density at radius 1 is 1.12 bits per heavy atom. The number of carbonyl (C=O) groups excluding carboxylic acids is 1. The zero-order valence-corrected chi connectivity index (χ0v) is 13.8. The van der Waals surface area contributed by atoms with Gasteiger partial charge in [0.15, 0.2) is 11.6 Å². The van der Waals surface area contributed by atoms with Crippen molar-refractivity contribution in [2.45, 2.75) is 17.7 Å². The summed E-state index contributed by atoms with van der Waals surface area (Å²) in [6.07, 6.45) is 3.30. The van der Waals surface area contributed by atoms with E-state index in [4.69, 9.17) is 0 Å². The molecule has 1 aliphatic heterocycles. The van der Waals surface area contributed by atoms with Crippen LogP contribution in [0.3, 0.4) is 0 Å². The van der Waals surface area contributed by atoms with Crippen molar-refractivity contribution in [3.63, 3.8) is 0 Å². The van der Waals surface area contributed by atoms with Crippen molar-refractivity contribution in [2.75, 3.05) is 18.5 Å². The molecular formula is C14H15F2N5O3S. The van der Waals surface area contributed by atoms with Crippen molar-refractivity contribution in [1.29, 1.82) is 0 Å². The van der Waals surface area contributed by atoms with E-state index < -0.39 is 21.7 Å². The van der Waals surface area contributed by atoms with Crippen molar-refractivity contribution in [2.24, 2.45) is 5.92 Å². The number of amides is 1. The van der Waals surface area contributed by atoms with Gasteiger partial charge in [-0.2, -0.15) is 4.31 Å². The van der Waals surface area contributed by atoms with Crippen LogP contribution in [0.15, 0.2) is 35.7 Å². The van der Waals surface area contributed by atoms with Gasteiger partial charge in [-0.1, -0.05) is 0 Å². The smallest absolute Gasteiger partial charge is 0.243 e. The number of carbonyl (C=O) groups is 1.